The molecule has 124 valence electrons. The highest BCUT2D eigenvalue weighted by Crippen LogP contribution is 2.24. The number of aryl methyl sites for hydroxylation is 1. The first kappa shape index (κ1) is 17.7. The zero-order chi connectivity index (χ0) is 16.2. The van der Waals surface area contributed by atoms with Crippen LogP contribution in [-0.4, -0.2) is 54.1 Å². The number of nitrogens with zero attached hydrogens (tertiary/aromatic N) is 2. The molecule has 1 aromatic heterocycles. The molecule has 1 amide bonds. The van der Waals surface area contributed by atoms with E-state index in [4.69, 9.17) is 0 Å². The van der Waals surface area contributed by atoms with Crippen molar-refractivity contribution in [1.29, 1.82) is 0 Å². The molecule has 1 aliphatic heterocycles. The lowest BCUT2D eigenvalue weighted by molar-refractivity contribution is -0.130. The topological polar surface area (TPSA) is 67.3 Å². The van der Waals surface area contributed by atoms with Crippen molar-refractivity contribution in [2.45, 2.75) is 43.5 Å². The number of aromatic nitrogens is 1. The highest BCUT2D eigenvalue weighted by Gasteiger charge is 2.34. The van der Waals surface area contributed by atoms with E-state index < -0.39 is 9.84 Å². The van der Waals surface area contributed by atoms with Gasteiger partial charge < -0.3 is 4.90 Å². The lowest BCUT2D eigenvalue weighted by Crippen LogP contribution is -2.42. The molecule has 0 N–H and O–H groups in total. The first-order valence-electron chi connectivity index (χ1n) is 7.46. The summed E-state index contributed by atoms with van der Waals surface area (Å²) in [5, 5.41) is 1.96. The third kappa shape index (κ3) is 4.96. The van der Waals surface area contributed by atoms with Gasteiger partial charge in [-0.25, -0.2) is 13.4 Å². The van der Waals surface area contributed by atoms with E-state index >= 15 is 0 Å². The van der Waals surface area contributed by atoms with Crippen LogP contribution < -0.4 is 0 Å². The molecule has 1 fully saturated rings. The molecule has 0 aromatic carbocycles. The van der Waals surface area contributed by atoms with E-state index in [2.05, 4.69) is 11.9 Å². The molecular formula is C14H22N2O3S3. The van der Waals surface area contributed by atoms with Crippen molar-refractivity contribution in [1.82, 2.24) is 9.88 Å². The van der Waals surface area contributed by atoms with Crippen molar-refractivity contribution < 1.29 is 13.2 Å². The maximum Gasteiger partial charge on any atom is 0.233 e. The van der Waals surface area contributed by atoms with E-state index in [-0.39, 0.29) is 23.5 Å². The molecule has 1 unspecified atom stereocenters. The van der Waals surface area contributed by atoms with Crippen LogP contribution in [0.2, 0.25) is 0 Å². The lowest BCUT2D eigenvalue weighted by Gasteiger charge is -2.28. The van der Waals surface area contributed by atoms with Crippen LogP contribution in [0.3, 0.4) is 0 Å². The zero-order valence-corrected chi connectivity index (χ0v) is 15.4. The standard InChI is InChI=1S/C14H22N2O3S3/c1-3-4-6-16(12-5-7-22(18,19)10-12)13(17)9-21-14-15-11(2)8-20-14/h8,12H,3-7,9-10H2,1-2H3. The quantitative estimate of drug-likeness (QED) is 0.697. The Morgan fingerprint density at radius 3 is 2.86 bits per heavy atom. The van der Waals surface area contributed by atoms with Crippen LogP contribution in [0.15, 0.2) is 9.72 Å². The highest BCUT2D eigenvalue weighted by molar-refractivity contribution is 8.01. The Kier molecular flexibility index (Phi) is 6.28. The van der Waals surface area contributed by atoms with Gasteiger partial charge in [0.2, 0.25) is 5.91 Å². The average Bonchev–Trinajstić information content (AvgIpc) is 3.03. The molecule has 0 bridgehead atoms. The third-order valence-corrected chi connectivity index (χ3v) is 7.51. The van der Waals surface area contributed by atoms with Crippen LogP contribution in [0.4, 0.5) is 0 Å². The SMILES string of the molecule is CCCCN(C(=O)CSc1nc(C)cs1)C1CCS(=O)(=O)C1. The van der Waals surface area contributed by atoms with Crippen LogP contribution in [0.1, 0.15) is 31.9 Å². The van der Waals surface area contributed by atoms with Crippen molar-refractivity contribution >= 4 is 38.8 Å². The molecule has 0 radical (unpaired) electrons. The van der Waals surface area contributed by atoms with E-state index in [9.17, 15) is 13.2 Å². The second kappa shape index (κ2) is 7.79. The predicted octanol–water partition coefficient (Wildman–Crippen LogP) is 2.36. The third-order valence-electron chi connectivity index (χ3n) is 3.64. The molecule has 5 nitrogen and oxygen atoms in total. The number of sulfone groups is 1. The van der Waals surface area contributed by atoms with E-state index in [1.54, 1.807) is 4.90 Å². The number of thioether (sulfide) groups is 1. The van der Waals surface area contributed by atoms with Crippen molar-refractivity contribution in [2.75, 3.05) is 23.8 Å². The molecule has 1 aliphatic rings. The number of amides is 1. The number of hydrogen-bond donors (Lipinski definition) is 0. The van der Waals surface area contributed by atoms with Crippen molar-refractivity contribution in [3.8, 4) is 0 Å². The molecule has 0 spiro atoms. The second-order valence-electron chi connectivity index (χ2n) is 5.54. The van der Waals surface area contributed by atoms with Crippen LogP contribution >= 0.6 is 23.1 Å². The minimum Gasteiger partial charge on any atom is -0.338 e. The molecule has 2 heterocycles. The fraction of sp³-hybridized carbons (Fsp3) is 0.714. The van der Waals surface area contributed by atoms with Gasteiger partial charge in [0.05, 0.1) is 17.3 Å². The Labute approximate surface area is 140 Å². The van der Waals surface area contributed by atoms with E-state index in [1.807, 2.05) is 12.3 Å². The fourth-order valence-electron chi connectivity index (χ4n) is 2.47. The van der Waals surface area contributed by atoms with Gasteiger partial charge in [0.1, 0.15) is 0 Å². The van der Waals surface area contributed by atoms with Gasteiger partial charge in [0.25, 0.3) is 0 Å². The molecule has 22 heavy (non-hydrogen) atoms. The van der Waals surface area contributed by atoms with Crippen molar-refractivity contribution in [3.05, 3.63) is 11.1 Å². The maximum absolute atomic E-state index is 12.5. The van der Waals surface area contributed by atoms with Gasteiger partial charge in [-0.2, -0.15) is 0 Å². The Hall–Kier alpha value is -0.600. The summed E-state index contributed by atoms with van der Waals surface area (Å²) in [6.45, 7) is 4.65. The largest absolute Gasteiger partial charge is 0.338 e. The summed E-state index contributed by atoms with van der Waals surface area (Å²) in [6, 6.07) is -0.150. The van der Waals surface area contributed by atoms with Gasteiger partial charge in [-0.3, -0.25) is 4.79 Å². The molecule has 8 heteroatoms. The second-order valence-corrected chi connectivity index (χ2v) is 9.85. The molecule has 1 saturated heterocycles. The van der Waals surface area contributed by atoms with E-state index in [0.717, 1.165) is 22.9 Å². The molecule has 1 atom stereocenters. The normalized spacial score (nSPS) is 20.2. The summed E-state index contributed by atoms with van der Waals surface area (Å²) >= 11 is 2.97. The molecule has 2 rings (SSSR count). The van der Waals surface area contributed by atoms with Crippen LogP contribution in [0.5, 0.6) is 0 Å². The van der Waals surface area contributed by atoms with Crippen LogP contribution in [-0.2, 0) is 14.6 Å². The Morgan fingerprint density at radius 1 is 1.55 bits per heavy atom. The lowest BCUT2D eigenvalue weighted by atomic mass is 10.2. The number of rotatable bonds is 7. The first-order chi connectivity index (χ1) is 10.4. The zero-order valence-electron chi connectivity index (χ0n) is 12.9. The van der Waals surface area contributed by atoms with Crippen LogP contribution in [0.25, 0.3) is 0 Å². The summed E-state index contributed by atoms with van der Waals surface area (Å²) in [5.74, 6) is 0.664. The summed E-state index contributed by atoms with van der Waals surface area (Å²) in [4.78, 5) is 18.6. The first-order valence-corrected chi connectivity index (χ1v) is 11.1. The van der Waals surface area contributed by atoms with Gasteiger partial charge in [0.15, 0.2) is 14.2 Å². The smallest absolute Gasteiger partial charge is 0.233 e. The monoisotopic (exact) mass is 362 g/mol. The fourth-order valence-corrected chi connectivity index (χ4v) is 5.93. The maximum atomic E-state index is 12.5. The van der Waals surface area contributed by atoms with Gasteiger partial charge >= 0.3 is 0 Å². The minimum atomic E-state index is -2.97. The number of carbonyl (C=O) groups is 1. The van der Waals surface area contributed by atoms with Gasteiger partial charge in [-0.05, 0) is 19.8 Å². The summed E-state index contributed by atoms with van der Waals surface area (Å²) in [7, 11) is -2.97. The number of unbranched alkanes of at least 4 members (excludes halogenated alkanes) is 1. The summed E-state index contributed by atoms with van der Waals surface area (Å²) in [6.07, 6.45) is 2.46. The Bertz CT molecular complexity index is 613. The molecular weight excluding hydrogens is 340 g/mol. The number of carbonyl (C=O) groups excluding carboxylic acids is 1. The van der Waals surface area contributed by atoms with Gasteiger partial charge in [0, 0.05) is 23.7 Å². The van der Waals surface area contributed by atoms with Gasteiger partial charge in [-0.15, -0.1) is 11.3 Å². The summed E-state index contributed by atoms with van der Waals surface area (Å²) < 4.78 is 24.2. The van der Waals surface area contributed by atoms with Gasteiger partial charge in [-0.1, -0.05) is 25.1 Å². The predicted molar refractivity (Wildman–Crippen MR) is 91.3 cm³/mol. The number of thiazole rings is 1. The van der Waals surface area contributed by atoms with Crippen molar-refractivity contribution in [2.24, 2.45) is 0 Å². The highest BCUT2D eigenvalue weighted by atomic mass is 32.2. The average molecular weight is 363 g/mol. The summed E-state index contributed by atoms with van der Waals surface area (Å²) in [5.41, 5.74) is 0.963. The molecule has 0 saturated carbocycles. The van der Waals surface area contributed by atoms with E-state index in [1.165, 1.54) is 23.1 Å². The Balaban J connectivity index is 1.96. The molecule has 1 aromatic rings. The Morgan fingerprint density at radius 2 is 2.32 bits per heavy atom. The molecule has 0 aliphatic carbocycles. The van der Waals surface area contributed by atoms with Crippen molar-refractivity contribution in [3.63, 3.8) is 0 Å². The minimum absolute atomic E-state index is 0.0217. The number of hydrogen-bond acceptors (Lipinski definition) is 6. The van der Waals surface area contributed by atoms with Crippen LogP contribution in [0, 0.1) is 6.92 Å². The van der Waals surface area contributed by atoms with E-state index in [0.29, 0.717) is 18.7 Å².